The Bertz CT molecular complexity index is 621. The quantitative estimate of drug-likeness (QED) is 0.671. The number of imidazole rings is 1. The first-order chi connectivity index (χ1) is 7.75. The molecule has 0 radical (unpaired) electrons. The zero-order valence-corrected chi connectivity index (χ0v) is 9.38. The van der Waals surface area contributed by atoms with E-state index in [1.807, 2.05) is 12.3 Å². The van der Waals surface area contributed by atoms with Gasteiger partial charge < -0.3 is 10.7 Å². The van der Waals surface area contributed by atoms with E-state index < -0.39 is 0 Å². The summed E-state index contributed by atoms with van der Waals surface area (Å²) in [5.41, 5.74) is 9.31. The van der Waals surface area contributed by atoms with Crippen LogP contribution in [0.5, 0.6) is 0 Å². The molecule has 0 aliphatic heterocycles. The van der Waals surface area contributed by atoms with E-state index >= 15 is 0 Å². The van der Waals surface area contributed by atoms with Crippen LogP contribution >= 0.6 is 11.3 Å². The van der Waals surface area contributed by atoms with E-state index in [4.69, 9.17) is 5.73 Å². The van der Waals surface area contributed by atoms with Gasteiger partial charge >= 0.3 is 0 Å². The van der Waals surface area contributed by atoms with Gasteiger partial charge in [0.15, 0.2) is 11.5 Å². The van der Waals surface area contributed by atoms with Crippen LogP contribution in [-0.4, -0.2) is 19.9 Å². The van der Waals surface area contributed by atoms with Crippen LogP contribution in [0.3, 0.4) is 0 Å². The Hall–Kier alpha value is -1.95. The maximum atomic E-state index is 5.97. The Labute approximate surface area is 95.4 Å². The molecule has 0 fully saturated rings. The monoisotopic (exact) mass is 231 g/mol. The number of nitrogens with two attached hydrogens (primary N) is 1. The molecule has 0 spiro atoms. The molecular formula is C10H9N5S. The minimum Gasteiger partial charge on any atom is -0.397 e. The first-order valence-electron chi connectivity index (χ1n) is 4.75. The number of H-pyrrole nitrogens is 1. The summed E-state index contributed by atoms with van der Waals surface area (Å²) in [6.45, 7) is 1.98. The highest BCUT2D eigenvalue weighted by Crippen LogP contribution is 2.33. The average Bonchev–Trinajstić information content (AvgIpc) is 2.84. The molecule has 3 rings (SSSR count). The van der Waals surface area contributed by atoms with E-state index in [2.05, 4.69) is 19.9 Å². The van der Waals surface area contributed by atoms with Gasteiger partial charge in [-0.3, -0.25) is 0 Å². The van der Waals surface area contributed by atoms with Crippen molar-refractivity contribution in [3.8, 4) is 10.7 Å². The first kappa shape index (κ1) is 9.29. The molecule has 3 N–H and O–H groups in total. The van der Waals surface area contributed by atoms with Gasteiger partial charge in [0, 0.05) is 0 Å². The van der Waals surface area contributed by atoms with Crippen LogP contribution in [0.1, 0.15) is 5.56 Å². The van der Waals surface area contributed by atoms with Crippen molar-refractivity contribution in [3.63, 3.8) is 0 Å². The topological polar surface area (TPSA) is 80.5 Å². The summed E-state index contributed by atoms with van der Waals surface area (Å²) in [6, 6.07) is 0. The largest absolute Gasteiger partial charge is 0.397 e. The molecule has 0 aromatic carbocycles. The average molecular weight is 231 g/mol. The van der Waals surface area contributed by atoms with Gasteiger partial charge in [0.25, 0.3) is 0 Å². The van der Waals surface area contributed by atoms with E-state index in [9.17, 15) is 0 Å². The standard InChI is InChI=1S/C10H9N5S/c1-5-3-16-8(7(5)11)10-14-6-2-12-4-13-9(6)15-10/h2-4H,11H2,1H3,(H,12,13,14,15). The number of nitrogen functional groups attached to an aromatic ring is 1. The van der Waals surface area contributed by atoms with Gasteiger partial charge in [-0.05, 0) is 17.9 Å². The lowest BCUT2D eigenvalue weighted by molar-refractivity contribution is 1.20. The highest BCUT2D eigenvalue weighted by atomic mass is 32.1. The second-order valence-electron chi connectivity index (χ2n) is 3.51. The van der Waals surface area contributed by atoms with Gasteiger partial charge in [0.2, 0.25) is 0 Å². The summed E-state index contributed by atoms with van der Waals surface area (Å²) in [5, 5.41) is 2.02. The number of aromatic amines is 1. The van der Waals surface area contributed by atoms with Gasteiger partial charge in [-0.1, -0.05) is 0 Å². The molecule has 0 amide bonds. The second kappa shape index (κ2) is 3.28. The van der Waals surface area contributed by atoms with Crippen LogP contribution < -0.4 is 5.73 Å². The Balaban J connectivity index is 2.23. The summed E-state index contributed by atoms with van der Waals surface area (Å²) in [7, 11) is 0. The van der Waals surface area contributed by atoms with E-state index in [-0.39, 0.29) is 0 Å². The molecular weight excluding hydrogens is 222 g/mol. The van der Waals surface area contributed by atoms with Gasteiger partial charge in [0.05, 0.1) is 16.8 Å². The van der Waals surface area contributed by atoms with Crippen molar-refractivity contribution >= 4 is 28.2 Å². The summed E-state index contributed by atoms with van der Waals surface area (Å²) >= 11 is 1.58. The van der Waals surface area contributed by atoms with Crippen molar-refractivity contribution < 1.29 is 0 Å². The number of thiophene rings is 1. The van der Waals surface area contributed by atoms with Crippen LogP contribution in [-0.2, 0) is 0 Å². The molecule has 0 saturated carbocycles. The molecule has 0 aliphatic rings. The number of hydrogen-bond donors (Lipinski definition) is 2. The summed E-state index contributed by atoms with van der Waals surface area (Å²) in [4.78, 5) is 16.5. The highest BCUT2D eigenvalue weighted by molar-refractivity contribution is 7.14. The van der Waals surface area contributed by atoms with E-state index in [1.54, 1.807) is 17.5 Å². The Morgan fingerprint density at radius 2 is 2.31 bits per heavy atom. The number of anilines is 1. The maximum absolute atomic E-state index is 5.97. The fraction of sp³-hybridized carbons (Fsp3) is 0.100. The predicted octanol–water partition coefficient (Wildman–Crippen LogP) is 1.97. The van der Waals surface area contributed by atoms with Crippen molar-refractivity contribution in [2.75, 3.05) is 5.73 Å². The summed E-state index contributed by atoms with van der Waals surface area (Å²) < 4.78 is 0. The minimum absolute atomic E-state index is 0.662. The van der Waals surface area contributed by atoms with Crippen LogP contribution in [0.2, 0.25) is 0 Å². The molecule has 6 heteroatoms. The third-order valence-electron chi connectivity index (χ3n) is 2.40. The molecule has 5 nitrogen and oxygen atoms in total. The number of fused-ring (bicyclic) bond motifs is 1. The molecule has 0 unspecified atom stereocenters. The number of nitrogens with zero attached hydrogens (tertiary/aromatic N) is 3. The van der Waals surface area contributed by atoms with E-state index in [1.165, 1.54) is 6.33 Å². The normalized spacial score (nSPS) is 11.1. The number of nitrogens with one attached hydrogen (secondary N) is 1. The molecule has 80 valence electrons. The zero-order chi connectivity index (χ0) is 11.1. The minimum atomic E-state index is 0.662. The van der Waals surface area contributed by atoms with Crippen molar-refractivity contribution in [3.05, 3.63) is 23.5 Å². The van der Waals surface area contributed by atoms with Crippen molar-refractivity contribution in [1.29, 1.82) is 0 Å². The molecule has 3 aromatic rings. The van der Waals surface area contributed by atoms with Gasteiger partial charge in [0.1, 0.15) is 11.8 Å². The molecule has 0 saturated heterocycles. The lowest BCUT2D eigenvalue weighted by Crippen LogP contribution is -1.88. The Morgan fingerprint density at radius 3 is 3.00 bits per heavy atom. The summed E-state index contributed by atoms with van der Waals surface area (Å²) in [6.07, 6.45) is 3.19. The summed E-state index contributed by atoms with van der Waals surface area (Å²) in [5.74, 6) is 0.756. The van der Waals surface area contributed by atoms with Crippen molar-refractivity contribution in [2.24, 2.45) is 0 Å². The molecule has 0 aliphatic carbocycles. The van der Waals surface area contributed by atoms with Crippen LogP contribution in [0.4, 0.5) is 5.69 Å². The smallest absolute Gasteiger partial charge is 0.181 e. The predicted molar refractivity (Wildman–Crippen MR) is 64.1 cm³/mol. The molecule has 3 heterocycles. The Kier molecular flexibility index (Phi) is 1.90. The number of hydrogen-bond acceptors (Lipinski definition) is 5. The van der Waals surface area contributed by atoms with Gasteiger partial charge in [-0.25, -0.2) is 15.0 Å². The van der Waals surface area contributed by atoms with Crippen LogP contribution in [0.15, 0.2) is 17.9 Å². The van der Waals surface area contributed by atoms with Crippen molar-refractivity contribution in [2.45, 2.75) is 6.92 Å². The van der Waals surface area contributed by atoms with E-state index in [0.717, 1.165) is 27.5 Å². The van der Waals surface area contributed by atoms with Crippen LogP contribution in [0, 0.1) is 6.92 Å². The first-order valence-corrected chi connectivity index (χ1v) is 5.63. The highest BCUT2D eigenvalue weighted by Gasteiger charge is 2.12. The lowest BCUT2D eigenvalue weighted by atomic mass is 10.3. The number of rotatable bonds is 1. The van der Waals surface area contributed by atoms with Gasteiger partial charge in [-0.15, -0.1) is 11.3 Å². The lowest BCUT2D eigenvalue weighted by Gasteiger charge is -1.94. The second-order valence-corrected chi connectivity index (χ2v) is 4.39. The van der Waals surface area contributed by atoms with E-state index in [0.29, 0.717) is 5.65 Å². The number of aryl methyl sites for hydroxylation is 1. The third-order valence-corrected chi connectivity index (χ3v) is 3.52. The maximum Gasteiger partial charge on any atom is 0.181 e. The fourth-order valence-electron chi connectivity index (χ4n) is 1.51. The SMILES string of the molecule is Cc1csc(-c2nc3ncncc3[nH]2)c1N. The molecule has 3 aromatic heterocycles. The zero-order valence-electron chi connectivity index (χ0n) is 8.56. The molecule has 0 atom stereocenters. The van der Waals surface area contributed by atoms with Crippen molar-refractivity contribution in [1.82, 2.24) is 19.9 Å². The molecule has 0 bridgehead atoms. The Morgan fingerprint density at radius 1 is 1.44 bits per heavy atom. The third kappa shape index (κ3) is 1.27. The number of aromatic nitrogens is 4. The van der Waals surface area contributed by atoms with Gasteiger partial charge in [-0.2, -0.15) is 0 Å². The molecule has 16 heavy (non-hydrogen) atoms. The fourth-order valence-corrected chi connectivity index (χ4v) is 2.42. The van der Waals surface area contributed by atoms with Crippen LogP contribution in [0.25, 0.3) is 21.9 Å².